The summed E-state index contributed by atoms with van der Waals surface area (Å²) in [5.41, 5.74) is 3.47. The molecule has 1 N–H and O–H groups in total. The van der Waals surface area contributed by atoms with Crippen molar-refractivity contribution >= 4 is 11.3 Å². The molecule has 1 aromatic heterocycles. The molecule has 1 aliphatic heterocycles. The number of hydrogen-bond acceptors (Lipinski definition) is 4. The quantitative estimate of drug-likeness (QED) is 0.844. The molecule has 96 valence electrons. The lowest BCUT2D eigenvalue weighted by atomic mass is 9.91. The van der Waals surface area contributed by atoms with Crippen molar-refractivity contribution in [3.05, 3.63) is 16.6 Å². The highest BCUT2D eigenvalue weighted by Gasteiger charge is 2.33. The van der Waals surface area contributed by atoms with E-state index in [1.54, 1.807) is 11.3 Å². The standard InChI is InChI=1S/C13H23N3S/c1-3-5-13(6-4-7-15-13)10-16(2)8-12-9-17-11-14-12/h9,11,15H,3-8,10H2,1-2H3. The van der Waals surface area contributed by atoms with Crippen LogP contribution in [-0.4, -0.2) is 35.6 Å². The minimum atomic E-state index is 0.361. The summed E-state index contributed by atoms with van der Waals surface area (Å²) in [5, 5.41) is 5.87. The maximum atomic E-state index is 4.36. The van der Waals surface area contributed by atoms with Gasteiger partial charge in [-0.1, -0.05) is 13.3 Å². The highest BCUT2D eigenvalue weighted by molar-refractivity contribution is 7.07. The van der Waals surface area contributed by atoms with Gasteiger partial charge in [0.1, 0.15) is 0 Å². The van der Waals surface area contributed by atoms with Gasteiger partial charge in [-0.3, -0.25) is 4.90 Å². The van der Waals surface area contributed by atoms with Crippen molar-refractivity contribution in [2.24, 2.45) is 0 Å². The van der Waals surface area contributed by atoms with Crippen molar-refractivity contribution in [1.82, 2.24) is 15.2 Å². The van der Waals surface area contributed by atoms with Gasteiger partial charge in [0.25, 0.3) is 0 Å². The van der Waals surface area contributed by atoms with Crippen molar-refractivity contribution in [3.8, 4) is 0 Å². The Balaban J connectivity index is 1.89. The molecule has 2 rings (SSSR count). The van der Waals surface area contributed by atoms with Gasteiger partial charge in [0, 0.05) is 24.0 Å². The van der Waals surface area contributed by atoms with Crippen LogP contribution in [0, 0.1) is 0 Å². The van der Waals surface area contributed by atoms with Gasteiger partial charge in [-0.15, -0.1) is 11.3 Å². The lowest BCUT2D eigenvalue weighted by Gasteiger charge is -2.33. The first kappa shape index (κ1) is 13.0. The van der Waals surface area contributed by atoms with Gasteiger partial charge in [-0.25, -0.2) is 4.98 Å². The van der Waals surface area contributed by atoms with E-state index in [1.165, 1.54) is 37.9 Å². The predicted octanol–water partition coefficient (Wildman–Crippen LogP) is 2.50. The fraction of sp³-hybridized carbons (Fsp3) is 0.769. The van der Waals surface area contributed by atoms with Crippen LogP contribution in [0.2, 0.25) is 0 Å². The number of aromatic nitrogens is 1. The van der Waals surface area contributed by atoms with E-state index in [2.05, 4.69) is 34.6 Å². The monoisotopic (exact) mass is 253 g/mol. The Bertz CT molecular complexity index is 317. The number of thiazole rings is 1. The summed E-state index contributed by atoms with van der Waals surface area (Å²) in [6, 6.07) is 0. The SMILES string of the molecule is CCCC1(CN(C)Cc2cscn2)CCCN1. The molecule has 1 aromatic rings. The Morgan fingerprint density at radius 2 is 2.47 bits per heavy atom. The van der Waals surface area contributed by atoms with Crippen molar-refractivity contribution in [2.45, 2.75) is 44.7 Å². The second kappa shape index (κ2) is 5.94. The van der Waals surface area contributed by atoms with E-state index >= 15 is 0 Å². The zero-order valence-electron chi connectivity index (χ0n) is 10.9. The van der Waals surface area contributed by atoms with Gasteiger partial charge < -0.3 is 5.32 Å². The molecule has 0 aliphatic carbocycles. The first-order valence-electron chi connectivity index (χ1n) is 6.55. The van der Waals surface area contributed by atoms with E-state index in [0.717, 1.165) is 13.1 Å². The van der Waals surface area contributed by atoms with Crippen LogP contribution < -0.4 is 5.32 Å². The molecular weight excluding hydrogens is 230 g/mol. The lowest BCUT2D eigenvalue weighted by Crippen LogP contribution is -2.48. The Kier molecular flexibility index (Phi) is 4.54. The Morgan fingerprint density at radius 1 is 1.59 bits per heavy atom. The van der Waals surface area contributed by atoms with E-state index in [4.69, 9.17) is 0 Å². The molecular formula is C13H23N3S. The third kappa shape index (κ3) is 3.50. The minimum absolute atomic E-state index is 0.361. The van der Waals surface area contributed by atoms with Crippen LogP contribution >= 0.6 is 11.3 Å². The average molecular weight is 253 g/mol. The van der Waals surface area contributed by atoms with Crippen molar-refractivity contribution < 1.29 is 0 Å². The highest BCUT2D eigenvalue weighted by atomic mass is 32.1. The maximum Gasteiger partial charge on any atom is 0.0795 e. The van der Waals surface area contributed by atoms with Crippen LogP contribution in [0.15, 0.2) is 10.9 Å². The van der Waals surface area contributed by atoms with E-state index in [1.807, 2.05) is 5.51 Å². The van der Waals surface area contributed by atoms with Gasteiger partial charge in [0.05, 0.1) is 11.2 Å². The molecule has 1 fully saturated rings. The second-order valence-corrected chi connectivity index (χ2v) is 5.93. The molecule has 0 amide bonds. The number of rotatable bonds is 6. The largest absolute Gasteiger partial charge is 0.310 e. The predicted molar refractivity (Wildman–Crippen MR) is 73.3 cm³/mol. The van der Waals surface area contributed by atoms with Gasteiger partial charge in [0.2, 0.25) is 0 Å². The van der Waals surface area contributed by atoms with Gasteiger partial charge in [-0.2, -0.15) is 0 Å². The van der Waals surface area contributed by atoms with E-state index < -0.39 is 0 Å². The first-order chi connectivity index (χ1) is 8.24. The average Bonchev–Trinajstić information content (AvgIpc) is 2.90. The number of likely N-dealkylation sites (N-methyl/N-ethyl adjacent to an activating group) is 1. The molecule has 0 spiro atoms. The van der Waals surface area contributed by atoms with Crippen LogP contribution in [0.1, 0.15) is 38.3 Å². The first-order valence-corrected chi connectivity index (χ1v) is 7.49. The zero-order chi connectivity index (χ0) is 12.1. The summed E-state index contributed by atoms with van der Waals surface area (Å²) < 4.78 is 0. The summed E-state index contributed by atoms with van der Waals surface area (Å²) in [6.45, 7) is 5.57. The summed E-state index contributed by atoms with van der Waals surface area (Å²) >= 11 is 1.68. The minimum Gasteiger partial charge on any atom is -0.310 e. The number of hydrogen-bond donors (Lipinski definition) is 1. The fourth-order valence-corrected chi connectivity index (χ4v) is 3.49. The zero-order valence-corrected chi connectivity index (χ0v) is 11.7. The van der Waals surface area contributed by atoms with Crippen molar-refractivity contribution in [3.63, 3.8) is 0 Å². The topological polar surface area (TPSA) is 28.2 Å². The molecule has 1 aliphatic rings. The number of nitrogens with one attached hydrogen (secondary N) is 1. The van der Waals surface area contributed by atoms with Crippen molar-refractivity contribution in [2.75, 3.05) is 20.1 Å². The Labute approximate surface area is 108 Å². The van der Waals surface area contributed by atoms with Gasteiger partial charge in [-0.05, 0) is 32.9 Å². The van der Waals surface area contributed by atoms with Crippen LogP contribution in [-0.2, 0) is 6.54 Å². The maximum absolute atomic E-state index is 4.36. The molecule has 1 atom stereocenters. The number of nitrogens with zero attached hydrogens (tertiary/aromatic N) is 2. The second-order valence-electron chi connectivity index (χ2n) is 5.21. The third-order valence-corrected chi connectivity index (χ3v) is 4.18. The Hall–Kier alpha value is -0.450. The molecule has 4 heteroatoms. The molecule has 0 bridgehead atoms. The molecule has 0 radical (unpaired) electrons. The Morgan fingerprint density at radius 3 is 3.06 bits per heavy atom. The van der Waals surface area contributed by atoms with E-state index in [-0.39, 0.29) is 0 Å². The van der Waals surface area contributed by atoms with Crippen LogP contribution in [0.3, 0.4) is 0 Å². The summed E-state index contributed by atoms with van der Waals surface area (Å²) in [6.07, 6.45) is 5.19. The molecule has 3 nitrogen and oxygen atoms in total. The van der Waals surface area contributed by atoms with Gasteiger partial charge in [0.15, 0.2) is 0 Å². The van der Waals surface area contributed by atoms with E-state index in [0.29, 0.717) is 5.54 Å². The highest BCUT2D eigenvalue weighted by Crippen LogP contribution is 2.25. The molecule has 1 saturated heterocycles. The van der Waals surface area contributed by atoms with E-state index in [9.17, 15) is 0 Å². The fourth-order valence-electron chi connectivity index (χ4n) is 2.94. The molecule has 17 heavy (non-hydrogen) atoms. The smallest absolute Gasteiger partial charge is 0.0795 e. The van der Waals surface area contributed by atoms with Crippen LogP contribution in [0.4, 0.5) is 0 Å². The van der Waals surface area contributed by atoms with Crippen LogP contribution in [0.5, 0.6) is 0 Å². The van der Waals surface area contributed by atoms with Gasteiger partial charge >= 0.3 is 0 Å². The molecule has 0 saturated carbocycles. The van der Waals surface area contributed by atoms with Crippen LogP contribution in [0.25, 0.3) is 0 Å². The normalized spacial score (nSPS) is 24.6. The molecule has 2 heterocycles. The third-order valence-electron chi connectivity index (χ3n) is 3.55. The summed E-state index contributed by atoms with van der Waals surface area (Å²) in [5.74, 6) is 0. The molecule has 0 aromatic carbocycles. The lowest BCUT2D eigenvalue weighted by molar-refractivity contribution is 0.206. The van der Waals surface area contributed by atoms with Crippen molar-refractivity contribution in [1.29, 1.82) is 0 Å². The summed E-state index contributed by atoms with van der Waals surface area (Å²) in [7, 11) is 2.21. The summed E-state index contributed by atoms with van der Waals surface area (Å²) in [4.78, 5) is 6.76. The molecule has 1 unspecified atom stereocenters.